The van der Waals surface area contributed by atoms with Crippen LogP contribution in [0.5, 0.6) is 0 Å². The van der Waals surface area contributed by atoms with Gasteiger partial charge in [-0.3, -0.25) is 4.98 Å². The molecule has 0 amide bonds. The summed E-state index contributed by atoms with van der Waals surface area (Å²) in [7, 11) is -0.357. The fourth-order valence-electron chi connectivity index (χ4n) is 1.80. The molecule has 2 heterocycles. The van der Waals surface area contributed by atoms with Crippen molar-refractivity contribution in [2.45, 2.75) is 51.9 Å². The van der Waals surface area contributed by atoms with Gasteiger partial charge in [0.15, 0.2) is 0 Å². The second-order valence-electron chi connectivity index (χ2n) is 5.89. The van der Waals surface area contributed by atoms with Gasteiger partial charge in [-0.2, -0.15) is 0 Å². The normalized spacial score (nSPS) is 23.1. The third kappa shape index (κ3) is 2.30. The van der Waals surface area contributed by atoms with Crippen molar-refractivity contribution in [2.75, 3.05) is 0 Å². The van der Waals surface area contributed by atoms with Gasteiger partial charge in [0, 0.05) is 17.7 Å². The summed E-state index contributed by atoms with van der Waals surface area (Å²) in [5.74, 6) is 0. The predicted octanol–water partition coefficient (Wildman–Crippen LogP) is 1.40. The summed E-state index contributed by atoms with van der Waals surface area (Å²) in [4.78, 5) is 4.33. The van der Waals surface area contributed by atoms with Crippen LogP contribution in [0.25, 0.3) is 0 Å². The van der Waals surface area contributed by atoms with Gasteiger partial charge in [-0.25, -0.2) is 0 Å². The molecule has 1 unspecified atom stereocenters. The van der Waals surface area contributed by atoms with Crippen molar-refractivity contribution in [2.24, 2.45) is 5.73 Å². The zero-order chi connectivity index (χ0) is 13.6. The van der Waals surface area contributed by atoms with Crippen LogP contribution in [0, 0.1) is 0 Å². The molecule has 1 aromatic heterocycles. The summed E-state index contributed by atoms with van der Waals surface area (Å²) in [5, 5.41) is 0. The van der Waals surface area contributed by atoms with E-state index in [2.05, 4.69) is 4.98 Å². The van der Waals surface area contributed by atoms with E-state index in [1.165, 1.54) is 0 Å². The second kappa shape index (κ2) is 4.33. The first kappa shape index (κ1) is 13.5. The standard InChI is InChI=1S/C13H21BN2O2/c1-9(15)11-7-6-10(8-16-11)14-17-12(2,3)13(4,5)18-14/h6-9H,15H2,1-5H3. The van der Waals surface area contributed by atoms with Gasteiger partial charge in [0.25, 0.3) is 0 Å². The Morgan fingerprint density at radius 1 is 1.17 bits per heavy atom. The maximum Gasteiger partial charge on any atom is 0.496 e. The lowest BCUT2D eigenvalue weighted by Crippen LogP contribution is -2.41. The molecule has 2 rings (SSSR count). The van der Waals surface area contributed by atoms with Crippen molar-refractivity contribution in [1.29, 1.82) is 0 Å². The highest BCUT2D eigenvalue weighted by molar-refractivity contribution is 6.62. The van der Waals surface area contributed by atoms with Crippen molar-refractivity contribution in [3.63, 3.8) is 0 Å². The predicted molar refractivity (Wildman–Crippen MR) is 72.6 cm³/mol. The number of pyridine rings is 1. The molecule has 0 saturated carbocycles. The van der Waals surface area contributed by atoms with Crippen LogP contribution in [0.1, 0.15) is 46.4 Å². The molecule has 4 nitrogen and oxygen atoms in total. The molecule has 1 atom stereocenters. The minimum atomic E-state index is -0.357. The first-order chi connectivity index (χ1) is 8.23. The van der Waals surface area contributed by atoms with Crippen LogP contribution in [0.4, 0.5) is 0 Å². The van der Waals surface area contributed by atoms with Crippen LogP contribution < -0.4 is 11.2 Å². The van der Waals surface area contributed by atoms with Gasteiger partial charge >= 0.3 is 7.12 Å². The number of nitrogens with two attached hydrogens (primary N) is 1. The monoisotopic (exact) mass is 248 g/mol. The molecule has 1 saturated heterocycles. The minimum absolute atomic E-state index is 0.0580. The number of nitrogens with zero attached hydrogens (tertiary/aromatic N) is 1. The fraction of sp³-hybridized carbons (Fsp3) is 0.615. The lowest BCUT2D eigenvalue weighted by atomic mass is 9.80. The molecule has 0 aliphatic carbocycles. The smallest absolute Gasteiger partial charge is 0.399 e. The summed E-state index contributed by atoms with van der Waals surface area (Å²) < 4.78 is 11.9. The Bertz CT molecular complexity index is 413. The fourth-order valence-corrected chi connectivity index (χ4v) is 1.80. The summed E-state index contributed by atoms with van der Waals surface area (Å²) in [6.07, 6.45) is 1.78. The zero-order valence-electron chi connectivity index (χ0n) is 11.7. The Morgan fingerprint density at radius 2 is 1.72 bits per heavy atom. The van der Waals surface area contributed by atoms with Gasteiger partial charge in [0.1, 0.15) is 0 Å². The summed E-state index contributed by atoms with van der Waals surface area (Å²) in [6, 6.07) is 3.83. The maximum atomic E-state index is 5.96. The van der Waals surface area contributed by atoms with Gasteiger partial charge < -0.3 is 15.0 Å². The van der Waals surface area contributed by atoms with Crippen LogP contribution in [-0.2, 0) is 9.31 Å². The van der Waals surface area contributed by atoms with E-state index in [0.717, 1.165) is 11.2 Å². The molecule has 0 radical (unpaired) electrons. The van der Waals surface area contributed by atoms with Crippen LogP contribution in [-0.4, -0.2) is 23.3 Å². The lowest BCUT2D eigenvalue weighted by Gasteiger charge is -2.32. The van der Waals surface area contributed by atoms with Crippen LogP contribution in [0.15, 0.2) is 18.3 Å². The van der Waals surface area contributed by atoms with Crippen LogP contribution >= 0.6 is 0 Å². The Kier molecular flexibility index (Phi) is 3.26. The van der Waals surface area contributed by atoms with Crippen molar-refractivity contribution in [1.82, 2.24) is 4.98 Å². The van der Waals surface area contributed by atoms with Crippen molar-refractivity contribution in [3.05, 3.63) is 24.0 Å². The average Bonchev–Trinajstić information content (AvgIpc) is 2.48. The van der Waals surface area contributed by atoms with Crippen molar-refractivity contribution in [3.8, 4) is 0 Å². The van der Waals surface area contributed by atoms with E-state index in [9.17, 15) is 0 Å². The number of rotatable bonds is 2. The molecule has 98 valence electrons. The van der Waals surface area contributed by atoms with E-state index in [4.69, 9.17) is 15.0 Å². The second-order valence-corrected chi connectivity index (χ2v) is 5.89. The Labute approximate surface area is 109 Å². The third-order valence-corrected chi connectivity index (χ3v) is 3.80. The molecular formula is C13H21BN2O2. The highest BCUT2D eigenvalue weighted by Crippen LogP contribution is 2.36. The third-order valence-electron chi connectivity index (χ3n) is 3.80. The van der Waals surface area contributed by atoms with Gasteiger partial charge in [0.05, 0.1) is 16.9 Å². The molecule has 1 aliphatic rings. The van der Waals surface area contributed by atoms with E-state index >= 15 is 0 Å². The van der Waals surface area contributed by atoms with Gasteiger partial charge in [-0.15, -0.1) is 0 Å². The molecule has 0 aromatic carbocycles. The Hall–Kier alpha value is -0.905. The molecule has 1 aliphatic heterocycles. The molecule has 0 spiro atoms. The van der Waals surface area contributed by atoms with Crippen molar-refractivity contribution < 1.29 is 9.31 Å². The molecule has 0 bridgehead atoms. The zero-order valence-corrected chi connectivity index (χ0v) is 11.7. The Balaban J connectivity index is 2.19. The van der Waals surface area contributed by atoms with Gasteiger partial charge in [-0.1, -0.05) is 6.07 Å². The van der Waals surface area contributed by atoms with Crippen molar-refractivity contribution >= 4 is 12.6 Å². The Morgan fingerprint density at radius 3 is 2.11 bits per heavy atom. The summed E-state index contributed by atoms with van der Waals surface area (Å²) >= 11 is 0. The van der Waals surface area contributed by atoms with Crippen LogP contribution in [0.2, 0.25) is 0 Å². The van der Waals surface area contributed by atoms with E-state index in [0.29, 0.717) is 0 Å². The number of aromatic nitrogens is 1. The number of hydrogen-bond donors (Lipinski definition) is 1. The molecular weight excluding hydrogens is 227 g/mol. The first-order valence-electron chi connectivity index (χ1n) is 6.30. The van der Waals surface area contributed by atoms with Gasteiger partial charge in [0.2, 0.25) is 0 Å². The maximum absolute atomic E-state index is 5.96. The molecule has 18 heavy (non-hydrogen) atoms. The van der Waals surface area contributed by atoms with E-state index < -0.39 is 0 Å². The molecule has 5 heteroatoms. The van der Waals surface area contributed by atoms with E-state index in [-0.39, 0.29) is 24.4 Å². The van der Waals surface area contributed by atoms with E-state index in [1.807, 2.05) is 46.8 Å². The topological polar surface area (TPSA) is 57.4 Å². The molecule has 1 aromatic rings. The van der Waals surface area contributed by atoms with E-state index in [1.54, 1.807) is 6.20 Å². The first-order valence-corrected chi connectivity index (χ1v) is 6.30. The largest absolute Gasteiger partial charge is 0.496 e. The summed E-state index contributed by atoms with van der Waals surface area (Å²) in [5.41, 5.74) is 6.93. The lowest BCUT2D eigenvalue weighted by molar-refractivity contribution is 0.00578. The minimum Gasteiger partial charge on any atom is -0.399 e. The summed E-state index contributed by atoms with van der Waals surface area (Å²) in [6.45, 7) is 10.1. The highest BCUT2D eigenvalue weighted by Gasteiger charge is 2.51. The van der Waals surface area contributed by atoms with Crippen LogP contribution in [0.3, 0.4) is 0 Å². The molecule has 2 N–H and O–H groups in total. The molecule has 1 fully saturated rings. The highest BCUT2D eigenvalue weighted by atomic mass is 16.7. The average molecular weight is 248 g/mol. The van der Waals surface area contributed by atoms with Gasteiger partial charge in [-0.05, 0) is 40.7 Å². The quantitative estimate of drug-likeness (QED) is 0.804. The number of hydrogen-bond acceptors (Lipinski definition) is 4. The SMILES string of the molecule is CC(N)c1ccc(B2OC(C)(C)C(C)(C)O2)cn1.